The molecule has 0 aromatic carbocycles. The van der Waals surface area contributed by atoms with Gasteiger partial charge in [0.2, 0.25) is 17.7 Å². The van der Waals surface area contributed by atoms with Crippen molar-refractivity contribution in [2.24, 2.45) is 5.92 Å². The molecule has 0 aromatic rings. The number of unbranched alkanes of at least 4 members (excludes halogenated alkanes) is 1. The SMILES string of the molecule is CC(C)CNC(=O)CCCNC(=O)CCCNC(=O)CCCC=O. The van der Waals surface area contributed by atoms with Gasteiger partial charge in [-0.3, -0.25) is 14.4 Å². The number of amides is 3. The first-order chi connectivity index (χ1) is 11.5. The van der Waals surface area contributed by atoms with Gasteiger partial charge in [0.1, 0.15) is 6.29 Å². The third-order valence-electron chi connectivity index (χ3n) is 3.24. The first kappa shape index (κ1) is 22.1. The molecule has 3 N–H and O–H groups in total. The maximum atomic E-state index is 11.6. The minimum absolute atomic E-state index is 0.00948. The number of hydrogen-bond acceptors (Lipinski definition) is 4. The Morgan fingerprint density at radius 1 is 0.792 bits per heavy atom. The summed E-state index contributed by atoms with van der Waals surface area (Å²) < 4.78 is 0. The summed E-state index contributed by atoms with van der Waals surface area (Å²) in [5, 5.41) is 8.31. The molecule has 0 fully saturated rings. The van der Waals surface area contributed by atoms with Crippen molar-refractivity contribution in [3.63, 3.8) is 0 Å². The van der Waals surface area contributed by atoms with Crippen molar-refractivity contribution in [3.05, 3.63) is 0 Å². The van der Waals surface area contributed by atoms with E-state index in [0.29, 0.717) is 70.5 Å². The van der Waals surface area contributed by atoms with Crippen LogP contribution in [0, 0.1) is 5.92 Å². The highest BCUT2D eigenvalue weighted by Crippen LogP contribution is 1.94. The number of rotatable bonds is 14. The molecule has 0 aliphatic carbocycles. The van der Waals surface area contributed by atoms with Crippen LogP contribution >= 0.6 is 0 Å². The maximum absolute atomic E-state index is 11.6. The second kappa shape index (κ2) is 14.7. The smallest absolute Gasteiger partial charge is 0.220 e. The van der Waals surface area contributed by atoms with Crippen molar-refractivity contribution in [2.75, 3.05) is 19.6 Å². The lowest BCUT2D eigenvalue weighted by molar-refractivity contribution is -0.123. The van der Waals surface area contributed by atoms with Gasteiger partial charge in [0.15, 0.2) is 0 Å². The topological polar surface area (TPSA) is 104 Å². The lowest BCUT2D eigenvalue weighted by Crippen LogP contribution is -2.30. The van der Waals surface area contributed by atoms with Crippen LogP contribution in [0.15, 0.2) is 0 Å². The molecule has 0 aromatic heterocycles. The van der Waals surface area contributed by atoms with Crippen LogP contribution in [0.5, 0.6) is 0 Å². The molecule has 0 aliphatic heterocycles. The Morgan fingerprint density at radius 3 is 1.71 bits per heavy atom. The first-order valence-electron chi connectivity index (χ1n) is 8.69. The van der Waals surface area contributed by atoms with Gasteiger partial charge in [0.25, 0.3) is 0 Å². The van der Waals surface area contributed by atoms with E-state index in [0.717, 1.165) is 6.29 Å². The average Bonchev–Trinajstić information content (AvgIpc) is 2.54. The van der Waals surface area contributed by atoms with Crippen molar-refractivity contribution >= 4 is 24.0 Å². The predicted molar refractivity (Wildman–Crippen MR) is 92.3 cm³/mol. The van der Waals surface area contributed by atoms with Crippen LogP contribution in [0.1, 0.15) is 58.8 Å². The van der Waals surface area contributed by atoms with Crippen molar-refractivity contribution in [1.82, 2.24) is 16.0 Å². The Balaban J connectivity index is 3.48. The molecule has 0 atom stereocenters. The highest BCUT2D eigenvalue weighted by atomic mass is 16.2. The number of aldehydes is 1. The molecule has 0 unspecified atom stereocenters. The maximum Gasteiger partial charge on any atom is 0.220 e. The normalized spacial score (nSPS) is 10.3. The Bertz CT molecular complexity index is 397. The summed E-state index contributed by atoms with van der Waals surface area (Å²) in [6, 6.07) is 0. The van der Waals surface area contributed by atoms with Gasteiger partial charge in [0, 0.05) is 45.3 Å². The lowest BCUT2D eigenvalue weighted by atomic mass is 10.2. The van der Waals surface area contributed by atoms with Crippen LogP contribution in [0.2, 0.25) is 0 Å². The second-order valence-electron chi connectivity index (χ2n) is 6.16. The van der Waals surface area contributed by atoms with E-state index in [9.17, 15) is 19.2 Å². The van der Waals surface area contributed by atoms with Crippen LogP contribution in [-0.2, 0) is 19.2 Å². The van der Waals surface area contributed by atoms with Crippen LogP contribution < -0.4 is 16.0 Å². The average molecular weight is 341 g/mol. The Kier molecular flexibility index (Phi) is 13.5. The molecule has 0 saturated heterocycles. The van der Waals surface area contributed by atoms with Crippen molar-refractivity contribution in [2.45, 2.75) is 58.8 Å². The molecule has 0 saturated carbocycles. The van der Waals surface area contributed by atoms with Crippen LogP contribution in [0.4, 0.5) is 0 Å². The fraction of sp³-hybridized carbons (Fsp3) is 0.765. The van der Waals surface area contributed by atoms with Crippen molar-refractivity contribution in [3.8, 4) is 0 Å². The fourth-order valence-corrected chi connectivity index (χ4v) is 1.88. The molecular formula is C17H31N3O4. The molecule has 24 heavy (non-hydrogen) atoms. The number of hydrogen-bond donors (Lipinski definition) is 3. The number of carbonyl (C=O) groups is 4. The monoisotopic (exact) mass is 341 g/mol. The highest BCUT2D eigenvalue weighted by molar-refractivity contribution is 5.77. The van der Waals surface area contributed by atoms with E-state index in [4.69, 9.17) is 0 Å². The minimum atomic E-state index is -0.0929. The van der Waals surface area contributed by atoms with Crippen molar-refractivity contribution in [1.29, 1.82) is 0 Å². The van der Waals surface area contributed by atoms with Crippen LogP contribution in [-0.4, -0.2) is 43.6 Å². The molecular weight excluding hydrogens is 310 g/mol. The largest absolute Gasteiger partial charge is 0.356 e. The zero-order valence-corrected chi connectivity index (χ0v) is 14.9. The predicted octanol–water partition coefficient (Wildman–Crippen LogP) is 0.921. The van der Waals surface area contributed by atoms with Crippen LogP contribution in [0.25, 0.3) is 0 Å². The summed E-state index contributed by atoms with van der Waals surface area (Å²) >= 11 is 0. The van der Waals surface area contributed by atoms with Gasteiger partial charge in [-0.2, -0.15) is 0 Å². The van der Waals surface area contributed by atoms with Gasteiger partial charge in [0.05, 0.1) is 0 Å². The Labute approximate surface area is 144 Å². The highest BCUT2D eigenvalue weighted by Gasteiger charge is 2.05. The summed E-state index contributed by atoms with van der Waals surface area (Å²) in [7, 11) is 0. The van der Waals surface area contributed by atoms with Crippen molar-refractivity contribution < 1.29 is 19.2 Å². The molecule has 138 valence electrons. The lowest BCUT2D eigenvalue weighted by Gasteiger charge is -2.08. The van der Waals surface area contributed by atoms with E-state index < -0.39 is 0 Å². The van der Waals surface area contributed by atoms with Gasteiger partial charge in [-0.25, -0.2) is 0 Å². The molecule has 0 radical (unpaired) electrons. The molecule has 0 heterocycles. The summed E-state index contributed by atoms with van der Waals surface area (Å²) in [6.07, 6.45) is 4.02. The van der Waals surface area contributed by atoms with E-state index in [1.54, 1.807) is 0 Å². The van der Waals surface area contributed by atoms with E-state index in [-0.39, 0.29) is 17.7 Å². The van der Waals surface area contributed by atoms with E-state index in [2.05, 4.69) is 16.0 Å². The van der Waals surface area contributed by atoms with Gasteiger partial charge >= 0.3 is 0 Å². The minimum Gasteiger partial charge on any atom is -0.356 e. The van der Waals surface area contributed by atoms with E-state index in [1.807, 2.05) is 13.8 Å². The van der Waals surface area contributed by atoms with Gasteiger partial charge in [-0.1, -0.05) is 13.8 Å². The first-order valence-corrected chi connectivity index (χ1v) is 8.69. The molecule has 0 aliphatic rings. The summed E-state index contributed by atoms with van der Waals surface area (Å²) in [5.41, 5.74) is 0. The molecule has 0 bridgehead atoms. The van der Waals surface area contributed by atoms with Gasteiger partial charge < -0.3 is 20.7 Å². The van der Waals surface area contributed by atoms with Gasteiger partial charge in [-0.05, 0) is 25.2 Å². The Hall–Kier alpha value is -1.92. The van der Waals surface area contributed by atoms with Gasteiger partial charge in [-0.15, -0.1) is 0 Å². The number of carbonyl (C=O) groups excluding carboxylic acids is 4. The zero-order valence-electron chi connectivity index (χ0n) is 14.9. The molecule has 3 amide bonds. The van der Waals surface area contributed by atoms with E-state index >= 15 is 0 Å². The third-order valence-corrected chi connectivity index (χ3v) is 3.24. The Morgan fingerprint density at radius 2 is 1.25 bits per heavy atom. The summed E-state index contributed by atoms with van der Waals surface area (Å²) in [5.74, 6) is 0.270. The third kappa shape index (κ3) is 15.0. The zero-order chi connectivity index (χ0) is 18.2. The standard InChI is InChI=1S/C17H31N3O4/c1-14(2)13-20-17(24)9-6-11-19-16(23)8-5-10-18-15(22)7-3-4-12-21/h12,14H,3-11,13H2,1-2H3,(H,18,22)(H,19,23)(H,20,24). The fourth-order valence-electron chi connectivity index (χ4n) is 1.88. The second-order valence-corrected chi connectivity index (χ2v) is 6.16. The summed E-state index contributed by atoms with van der Waals surface area (Å²) in [4.78, 5) is 44.6. The molecule has 7 heteroatoms. The van der Waals surface area contributed by atoms with Crippen LogP contribution in [0.3, 0.4) is 0 Å². The van der Waals surface area contributed by atoms with E-state index in [1.165, 1.54) is 0 Å². The quantitative estimate of drug-likeness (QED) is 0.323. The summed E-state index contributed by atoms with van der Waals surface area (Å²) in [6.45, 7) is 5.67. The molecule has 7 nitrogen and oxygen atoms in total. The molecule has 0 spiro atoms. The number of nitrogens with one attached hydrogen (secondary N) is 3. The molecule has 0 rings (SSSR count).